The number of carbonyl (C=O) groups excluding carboxylic acids is 1. The smallest absolute Gasteiger partial charge is 0.662 e. The third-order valence-electron chi connectivity index (χ3n) is 6.06. The maximum absolute atomic E-state index is 11.2. The summed E-state index contributed by atoms with van der Waals surface area (Å²) >= 11 is 0. The van der Waals surface area contributed by atoms with Gasteiger partial charge in [0.05, 0.1) is 5.52 Å². The van der Waals surface area contributed by atoms with Crippen LogP contribution >= 0.6 is 0 Å². The minimum atomic E-state index is -0.182. The Morgan fingerprint density at radius 3 is 2.39 bits per heavy atom. The van der Waals surface area contributed by atoms with Crippen molar-refractivity contribution in [2.24, 2.45) is 7.05 Å². The second kappa shape index (κ2) is 9.50. The van der Waals surface area contributed by atoms with E-state index in [0.29, 0.717) is 17.4 Å². The Bertz CT molecular complexity index is 1170. The number of carbonyl (C=O) groups is 1. The second-order valence-electron chi connectivity index (χ2n) is 10.2. The molecule has 1 N–H and O–H groups in total. The van der Waals surface area contributed by atoms with Crippen LogP contribution in [0.1, 0.15) is 56.5 Å². The van der Waals surface area contributed by atoms with E-state index in [2.05, 4.69) is 65.9 Å². The molecule has 8 heteroatoms. The van der Waals surface area contributed by atoms with Crippen molar-refractivity contribution in [2.75, 3.05) is 7.05 Å². The van der Waals surface area contributed by atoms with Gasteiger partial charge in [-0.05, 0) is 69.4 Å². The summed E-state index contributed by atoms with van der Waals surface area (Å²) in [5, 5.41) is 17.3. The predicted octanol–water partition coefficient (Wildman–Crippen LogP) is 5.40. The van der Waals surface area contributed by atoms with Gasteiger partial charge in [-0.3, -0.25) is 9.48 Å². The number of pyridine rings is 1. The summed E-state index contributed by atoms with van der Waals surface area (Å²) in [5.74, 6) is 0.356. The fourth-order valence-corrected chi connectivity index (χ4v) is 4.99. The molecular weight excluding hydrogens is 638 g/mol. The van der Waals surface area contributed by atoms with Crippen LogP contribution < -0.4 is 5.32 Å². The van der Waals surface area contributed by atoms with Crippen molar-refractivity contribution < 1.29 is 35.9 Å². The number of amides is 1. The molecule has 7 nitrogen and oxygen atoms in total. The van der Waals surface area contributed by atoms with Gasteiger partial charge in [-0.1, -0.05) is 25.0 Å². The van der Waals surface area contributed by atoms with Crippen LogP contribution in [0.4, 0.5) is 5.82 Å². The van der Waals surface area contributed by atoms with Crippen molar-refractivity contribution in [3.8, 4) is 11.3 Å². The van der Waals surface area contributed by atoms with E-state index < -0.39 is 0 Å². The zero-order chi connectivity index (χ0) is 23.3. The molecule has 0 bridgehead atoms. The van der Waals surface area contributed by atoms with Gasteiger partial charge in [0.1, 0.15) is 0 Å². The third-order valence-corrected chi connectivity index (χ3v) is 6.06. The van der Waals surface area contributed by atoms with Crippen LogP contribution in [0.2, 0.25) is 0 Å². The summed E-state index contributed by atoms with van der Waals surface area (Å²) in [5.41, 5.74) is 5.04. The number of rotatable bonds is 2. The summed E-state index contributed by atoms with van der Waals surface area (Å²) in [4.78, 5) is 15.6. The second-order valence-corrected chi connectivity index (χ2v) is 10.2. The first kappa shape index (κ1) is 25.9. The molecule has 5 rings (SSSR count). The van der Waals surface area contributed by atoms with Gasteiger partial charge in [0.2, 0.25) is 0 Å². The van der Waals surface area contributed by atoms with E-state index in [0.717, 1.165) is 40.6 Å². The number of nitrogens with zero attached hydrogens (tertiary/aromatic N) is 5. The van der Waals surface area contributed by atoms with Gasteiger partial charge >= 0.3 is 31.1 Å². The minimum absolute atomic E-state index is 0. The SMILES string of the molecule is C[N-]C1CC(C)(C)NC(C)(C)C1.Cc1cc(-c2ccc3c(n2)[N-]C3=O)cc2cn(C)nc12.[U+2]. The number of piperidine rings is 1. The maximum atomic E-state index is 11.2. The summed E-state index contributed by atoms with van der Waals surface area (Å²) in [6.07, 6.45) is 4.31. The molecule has 1 aromatic carbocycles. The minimum Gasteiger partial charge on any atom is -0.662 e. The van der Waals surface area contributed by atoms with E-state index in [4.69, 9.17) is 0 Å². The van der Waals surface area contributed by atoms with E-state index in [1.54, 1.807) is 10.7 Å². The van der Waals surface area contributed by atoms with Crippen LogP contribution in [0, 0.1) is 38.0 Å². The monoisotopic (exact) mass is 670 g/mol. The van der Waals surface area contributed by atoms with E-state index in [1.165, 1.54) is 0 Å². The molecule has 33 heavy (non-hydrogen) atoms. The van der Waals surface area contributed by atoms with Crippen LogP contribution in [-0.4, -0.2) is 44.8 Å². The van der Waals surface area contributed by atoms with Crippen molar-refractivity contribution in [3.05, 3.63) is 52.2 Å². The molecule has 2 aromatic heterocycles. The van der Waals surface area contributed by atoms with Crippen molar-refractivity contribution in [2.45, 2.75) is 64.6 Å². The molecule has 2 aliphatic rings. The average Bonchev–Trinajstić information content (AvgIpc) is 3.06. The van der Waals surface area contributed by atoms with Crippen LogP contribution in [0.3, 0.4) is 0 Å². The fourth-order valence-electron chi connectivity index (χ4n) is 4.99. The molecule has 172 valence electrons. The van der Waals surface area contributed by atoms with Crippen molar-refractivity contribution >= 4 is 22.6 Å². The van der Waals surface area contributed by atoms with Crippen LogP contribution in [0.15, 0.2) is 30.5 Å². The first-order valence-corrected chi connectivity index (χ1v) is 11.1. The molecule has 1 amide bonds. The van der Waals surface area contributed by atoms with Crippen LogP contribution in [-0.2, 0) is 7.05 Å². The number of aromatic nitrogens is 3. The standard InChI is InChI=1S/C15H12N4O.C10H21N2.U/c1-8-5-9(6-10-7-19(2)18-13(8)10)12-4-3-11-14(16-12)17-15(11)20;1-9(2)6-8(11-5)7-10(3,4)12-9;/h3-7H,1-2H3,(H,16,17,20);8,12H,6-7H2,1-5H3;/q;-1;+2/p-1. The number of nitrogens with one attached hydrogen (secondary N) is 1. The van der Waals surface area contributed by atoms with Crippen LogP contribution in [0.25, 0.3) is 32.8 Å². The van der Waals surface area contributed by atoms with E-state index in [-0.39, 0.29) is 48.1 Å². The number of fused-ring (bicyclic) bond motifs is 2. The Kier molecular flexibility index (Phi) is 7.45. The van der Waals surface area contributed by atoms with Gasteiger partial charge in [-0.15, -0.1) is 6.04 Å². The molecule has 0 saturated carbocycles. The normalized spacial score (nSPS) is 18.3. The molecule has 0 aliphatic carbocycles. The first-order chi connectivity index (χ1) is 15.0. The Morgan fingerprint density at radius 1 is 1.15 bits per heavy atom. The molecule has 0 spiro atoms. The largest absolute Gasteiger partial charge is 2.00 e. The van der Waals surface area contributed by atoms with E-state index in [1.807, 2.05) is 33.3 Å². The molecule has 0 atom stereocenters. The molecular formula is C25H32N6OU. The molecule has 1 fully saturated rings. The Balaban J connectivity index is 0.000000205. The van der Waals surface area contributed by atoms with Gasteiger partial charge in [-0.25, -0.2) is 0 Å². The molecule has 0 unspecified atom stereocenters. The Hall–Kier alpha value is -1.72. The summed E-state index contributed by atoms with van der Waals surface area (Å²) in [7, 11) is 3.84. The number of hydrogen-bond donors (Lipinski definition) is 1. The summed E-state index contributed by atoms with van der Waals surface area (Å²) in [6, 6.07) is 8.31. The van der Waals surface area contributed by atoms with E-state index >= 15 is 0 Å². The maximum Gasteiger partial charge on any atom is 2.00 e. The zero-order valence-electron chi connectivity index (χ0n) is 20.5. The molecule has 2 aliphatic heterocycles. The zero-order valence-corrected chi connectivity index (χ0v) is 24.7. The van der Waals surface area contributed by atoms with Crippen molar-refractivity contribution in [3.63, 3.8) is 0 Å². The topological polar surface area (TPSA) is 88.0 Å². The molecule has 3 aromatic rings. The molecule has 4 heterocycles. The number of hydrogen-bond acceptors (Lipinski definition) is 4. The Morgan fingerprint density at radius 2 is 1.82 bits per heavy atom. The number of aryl methyl sites for hydroxylation is 2. The Labute approximate surface area is 219 Å². The van der Waals surface area contributed by atoms with E-state index in [9.17, 15) is 4.79 Å². The summed E-state index contributed by atoms with van der Waals surface area (Å²) in [6.45, 7) is 11.1. The van der Waals surface area contributed by atoms with Gasteiger partial charge in [0, 0.05) is 35.3 Å². The summed E-state index contributed by atoms with van der Waals surface area (Å²) < 4.78 is 1.81. The quantitative estimate of drug-likeness (QED) is 0.396. The van der Waals surface area contributed by atoms with Crippen molar-refractivity contribution in [1.82, 2.24) is 20.1 Å². The van der Waals surface area contributed by atoms with Gasteiger partial charge in [0.25, 0.3) is 0 Å². The average molecular weight is 671 g/mol. The number of benzene rings is 1. The first-order valence-electron chi connectivity index (χ1n) is 11.1. The van der Waals surface area contributed by atoms with Crippen molar-refractivity contribution in [1.29, 1.82) is 0 Å². The third kappa shape index (κ3) is 5.68. The predicted molar refractivity (Wildman–Crippen MR) is 130 cm³/mol. The molecule has 0 radical (unpaired) electrons. The van der Waals surface area contributed by atoms with Gasteiger partial charge < -0.3 is 20.9 Å². The van der Waals surface area contributed by atoms with Gasteiger partial charge in [-0.2, -0.15) is 12.1 Å². The van der Waals surface area contributed by atoms with Crippen LogP contribution in [0.5, 0.6) is 0 Å². The molecule has 1 saturated heterocycles. The fraction of sp³-hybridized carbons (Fsp3) is 0.480. The van der Waals surface area contributed by atoms with Gasteiger partial charge in [0.15, 0.2) is 5.91 Å².